The number of hydrogen-bond acceptors (Lipinski definition) is 3. The Bertz CT molecular complexity index is 979. The normalized spacial score (nSPS) is 13.0. The van der Waals surface area contributed by atoms with E-state index in [1.807, 2.05) is 60.7 Å². The Morgan fingerprint density at radius 2 is 1.62 bits per heavy atom. The van der Waals surface area contributed by atoms with Crippen LogP contribution in [0.5, 0.6) is 5.75 Å². The quantitative estimate of drug-likeness (QED) is 0.715. The van der Waals surface area contributed by atoms with Gasteiger partial charge in [0.25, 0.3) is 5.91 Å². The molecule has 1 aliphatic rings. The molecule has 0 aromatic heterocycles. The van der Waals surface area contributed by atoms with Crippen molar-refractivity contribution in [2.45, 2.75) is 12.3 Å². The number of ether oxygens (including phenoxy) is 1. The third kappa shape index (κ3) is 4.14. The van der Waals surface area contributed by atoms with E-state index in [1.165, 1.54) is 0 Å². The van der Waals surface area contributed by atoms with Crippen LogP contribution in [-0.2, 0) is 9.59 Å². The molecule has 0 unspecified atom stereocenters. The smallest absolute Gasteiger partial charge is 0.264 e. The number of likely N-dealkylation sites (N-methyl/N-ethyl adjacent to an activating group) is 1. The van der Waals surface area contributed by atoms with Crippen LogP contribution >= 0.6 is 0 Å². The topological polar surface area (TPSA) is 58.6 Å². The lowest BCUT2D eigenvalue weighted by Gasteiger charge is -2.26. The van der Waals surface area contributed by atoms with E-state index >= 15 is 0 Å². The van der Waals surface area contributed by atoms with Crippen molar-refractivity contribution < 1.29 is 14.3 Å². The molecule has 2 amide bonds. The molecule has 1 heterocycles. The number of nitrogens with zero attached hydrogens (tertiary/aromatic N) is 1. The van der Waals surface area contributed by atoms with Gasteiger partial charge < -0.3 is 15.0 Å². The number of benzene rings is 3. The van der Waals surface area contributed by atoms with E-state index < -0.39 is 0 Å². The van der Waals surface area contributed by atoms with Gasteiger partial charge in [0.2, 0.25) is 5.91 Å². The number of carbonyl (C=O) groups is 2. The fourth-order valence-corrected chi connectivity index (χ4v) is 3.55. The fraction of sp³-hybridized carbons (Fsp3) is 0.167. The molecule has 1 aliphatic heterocycles. The summed E-state index contributed by atoms with van der Waals surface area (Å²) in [7, 11) is 1.71. The molecule has 5 heteroatoms. The highest BCUT2D eigenvalue weighted by atomic mass is 16.5. The van der Waals surface area contributed by atoms with E-state index in [4.69, 9.17) is 4.74 Å². The summed E-state index contributed by atoms with van der Waals surface area (Å²) in [5, 5.41) is 2.97. The third-order valence-electron chi connectivity index (χ3n) is 5.12. The molecular formula is C24H22N2O3. The van der Waals surface area contributed by atoms with E-state index in [1.54, 1.807) is 30.1 Å². The van der Waals surface area contributed by atoms with Crippen LogP contribution in [0.3, 0.4) is 0 Å². The van der Waals surface area contributed by atoms with Crippen LogP contribution in [0, 0.1) is 0 Å². The van der Waals surface area contributed by atoms with Gasteiger partial charge in [-0.05, 0) is 23.3 Å². The maximum absolute atomic E-state index is 12.8. The lowest BCUT2D eigenvalue weighted by Crippen LogP contribution is -2.35. The van der Waals surface area contributed by atoms with Crippen molar-refractivity contribution in [2.75, 3.05) is 23.9 Å². The maximum atomic E-state index is 12.8. The molecule has 5 nitrogen and oxygen atoms in total. The number of fused-ring (bicyclic) bond motifs is 1. The van der Waals surface area contributed by atoms with Crippen molar-refractivity contribution in [3.05, 3.63) is 90.0 Å². The third-order valence-corrected chi connectivity index (χ3v) is 5.12. The van der Waals surface area contributed by atoms with Gasteiger partial charge in [-0.1, -0.05) is 60.7 Å². The Morgan fingerprint density at radius 1 is 1.00 bits per heavy atom. The first-order valence-corrected chi connectivity index (χ1v) is 9.55. The van der Waals surface area contributed by atoms with Gasteiger partial charge in [-0.25, -0.2) is 0 Å². The van der Waals surface area contributed by atoms with Crippen LogP contribution in [0.2, 0.25) is 0 Å². The Hall–Kier alpha value is -3.60. The number of carbonyl (C=O) groups excluding carboxylic acids is 2. The number of anilines is 2. The van der Waals surface area contributed by atoms with Crippen molar-refractivity contribution in [2.24, 2.45) is 0 Å². The lowest BCUT2D eigenvalue weighted by molar-refractivity contribution is -0.121. The SMILES string of the molecule is CN1C(=O)COc2cc(NC(=O)CC(c3ccccc3)c3ccccc3)ccc21. The van der Waals surface area contributed by atoms with E-state index in [-0.39, 0.29) is 24.3 Å². The largest absolute Gasteiger partial charge is 0.481 e. The van der Waals surface area contributed by atoms with Gasteiger partial charge in [0.1, 0.15) is 5.75 Å². The predicted molar refractivity (Wildman–Crippen MR) is 113 cm³/mol. The molecule has 0 saturated carbocycles. The summed E-state index contributed by atoms with van der Waals surface area (Å²) < 4.78 is 5.51. The van der Waals surface area contributed by atoms with E-state index in [0.29, 0.717) is 23.5 Å². The maximum Gasteiger partial charge on any atom is 0.264 e. The molecule has 1 N–H and O–H groups in total. The van der Waals surface area contributed by atoms with Crippen LogP contribution in [0.15, 0.2) is 78.9 Å². The average Bonchev–Trinajstić information content (AvgIpc) is 2.76. The fourth-order valence-electron chi connectivity index (χ4n) is 3.55. The number of nitrogens with one attached hydrogen (secondary N) is 1. The minimum atomic E-state index is -0.0946. The monoisotopic (exact) mass is 386 g/mol. The molecular weight excluding hydrogens is 364 g/mol. The van der Waals surface area contributed by atoms with Crippen molar-refractivity contribution in [3.63, 3.8) is 0 Å². The summed E-state index contributed by atoms with van der Waals surface area (Å²) in [4.78, 5) is 26.1. The highest BCUT2D eigenvalue weighted by molar-refractivity contribution is 5.98. The Balaban J connectivity index is 1.53. The molecule has 0 radical (unpaired) electrons. The molecule has 0 aliphatic carbocycles. The first-order chi connectivity index (χ1) is 14.1. The van der Waals surface area contributed by atoms with Crippen LogP contribution in [0.1, 0.15) is 23.5 Å². The molecule has 0 fully saturated rings. The number of rotatable bonds is 5. The van der Waals surface area contributed by atoms with E-state index in [2.05, 4.69) is 5.32 Å². The zero-order chi connectivity index (χ0) is 20.2. The Morgan fingerprint density at radius 3 is 2.24 bits per heavy atom. The van der Waals surface area contributed by atoms with Gasteiger partial charge in [-0.15, -0.1) is 0 Å². The molecule has 3 aromatic carbocycles. The standard InChI is InChI=1S/C24H22N2O3/c1-26-21-13-12-19(14-22(21)29-16-24(26)28)25-23(27)15-20(17-8-4-2-5-9-17)18-10-6-3-7-11-18/h2-14,20H,15-16H2,1H3,(H,25,27). The van der Waals surface area contributed by atoms with Gasteiger partial charge >= 0.3 is 0 Å². The molecule has 0 atom stereocenters. The molecule has 0 spiro atoms. The second kappa shape index (κ2) is 8.19. The van der Waals surface area contributed by atoms with Crippen LogP contribution in [0.4, 0.5) is 11.4 Å². The second-order valence-corrected chi connectivity index (χ2v) is 7.05. The highest BCUT2D eigenvalue weighted by Crippen LogP contribution is 2.34. The first-order valence-electron chi connectivity index (χ1n) is 9.55. The zero-order valence-corrected chi connectivity index (χ0v) is 16.2. The van der Waals surface area contributed by atoms with Crippen molar-refractivity contribution in [1.29, 1.82) is 0 Å². The Kier molecular flexibility index (Phi) is 5.29. The van der Waals surface area contributed by atoms with E-state index in [9.17, 15) is 9.59 Å². The van der Waals surface area contributed by atoms with Crippen molar-refractivity contribution in [3.8, 4) is 5.75 Å². The molecule has 146 valence electrons. The van der Waals surface area contributed by atoms with Gasteiger partial charge in [0, 0.05) is 31.1 Å². The predicted octanol–water partition coefficient (Wildman–Crippen LogP) is 4.20. The summed E-state index contributed by atoms with van der Waals surface area (Å²) in [6.07, 6.45) is 0.324. The summed E-state index contributed by atoms with van der Waals surface area (Å²) in [5.74, 6) is 0.383. The van der Waals surface area contributed by atoms with Gasteiger partial charge in [0.15, 0.2) is 6.61 Å². The van der Waals surface area contributed by atoms with Gasteiger partial charge in [-0.2, -0.15) is 0 Å². The Labute approximate surface area is 169 Å². The lowest BCUT2D eigenvalue weighted by atomic mass is 9.88. The van der Waals surface area contributed by atoms with Crippen LogP contribution < -0.4 is 15.0 Å². The summed E-state index contributed by atoms with van der Waals surface area (Å²) in [6.45, 7) is 0.00495. The summed E-state index contributed by atoms with van der Waals surface area (Å²) >= 11 is 0. The molecule has 0 bridgehead atoms. The average molecular weight is 386 g/mol. The second-order valence-electron chi connectivity index (χ2n) is 7.05. The number of amides is 2. The molecule has 29 heavy (non-hydrogen) atoms. The highest BCUT2D eigenvalue weighted by Gasteiger charge is 2.23. The summed E-state index contributed by atoms with van der Waals surface area (Å²) in [6, 6.07) is 25.4. The number of hydrogen-bond donors (Lipinski definition) is 1. The van der Waals surface area contributed by atoms with Crippen LogP contribution in [-0.4, -0.2) is 25.5 Å². The van der Waals surface area contributed by atoms with Gasteiger partial charge in [-0.3, -0.25) is 9.59 Å². The summed E-state index contributed by atoms with van der Waals surface area (Å²) in [5.41, 5.74) is 3.55. The minimum Gasteiger partial charge on any atom is -0.481 e. The van der Waals surface area contributed by atoms with Crippen molar-refractivity contribution in [1.82, 2.24) is 0 Å². The van der Waals surface area contributed by atoms with Gasteiger partial charge in [0.05, 0.1) is 5.69 Å². The zero-order valence-electron chi connectivity index (χ0n) is 16.2. The van der Waals surface area contributed by atoms with Crippen molar-refractivity contribution >= 4 is 23.2 Å². The minimum absolute atomic E-state index is 0.00495. The molecule has 4 rings (SSSR count). The molecule has 0 saturated heterocycles. The van der Waals surface area contributed by atoms with Crippen LogP contribution in [0.25, 0.3) is 0 Å². The van der Waals surface area contributed by atoms with E-state index in [0.717, 1.165) is 11.1 Å². The molecule has 3 aromatic rings. The first kappa shape index (κ1) is 18.7.